The van der Waals surface area contributed by atoms with Gasteiger partial charge in [-0.25, -0.2) is 13.4 Å². The molecular weight excluding hydrogens is 364 g/mol. The number of anilines is 1. The van der Waals surface area contributed by atoms with Crippen LogP contribution in [0.2, 0.25) is 5.02 Å². The van der Waals surface area contributed by atoms with Gasteiger partial charge >= 0.3 is 0 Å². The van der Waals surface area contributed by atoms with E-state index in [9.17, 15) is 8.42 Å². The number of rotatable bonds is 4. The molecule has 0 fully saturated rings. The molecule has 0 spiro atoms. The Bertz CT molecular complexity index is 735. The number of nitrogens with zero attached hydrogens (tertiary/aromatic N) is 1. The topological polar surface area (TPSA) is 59.1 Å². The molecule has 1 N–H and O–H groups in total. The van der Waals surface area contributed by atoms with E-state index in [-0.39, 0.29) is 4.90 Å². The molecule has 1 aromatic heterocycles. The van der Waals surface area contributed by atoms with Gasteiger partial charge in [-0.2, -0.15) is 0 Å². The molecule has 0 aliphatic carbocycles. The monoisotopic (exact) mass is 374 g/mol. The van der Waals surface area contributed by atoms with Gasteiger partial charge in [-0.1, -0.05) is 17.7 Å². The average molecular weight is 376 g/mol. The number of sulfone groups is 1. The van der Waals surface area contributed by atoms with Crippen LogP contribution >= 0.6 is 27.5 Å². The van der Waals surface area contributed by atoms with Gasteiger partial charge in [-0.15, -0.1) is 0 Å². The lowest BCUT2D eigenvalue weighted by Gasteiger charge is -2.10. The highest BCUT2D eigenvalue weighted by Gasteiger charge is 2.10. The number of hydrogen-bond acceptors (Lipinski definition) is 4. The number of benzene rings is 1. The third kappa shape index (κ3) is 3.94. The molecule has 0 atom stereocenters. The van der Waals surface area contributed by atoms with Crippen LogP contribution < -0.4 is 5.32 Å². The van der Waals surface area contributed by atoms with Crippen LogP contribution in [0.1, 0.15) is 5.69 Å². The fourth-order valence-electron chi connectivity index (χ4n) is 1.61. The smallest absolute Gasteiger partial charge is 0.175 e. The molecular formula is C13H12BrClN2O2S. The maximum atomic E-state index is 11.5. The van der Waals surface area contributed by atoms with Crippen LogP contribution in [0.15, 0.2) is 45.9 Å². The van der Waals surface area contributed by atoms with Crippen molar-refractivity contribution in [2.45, 2.75) is 11.4 Å². The number of hydrogen-bond donors (Lipinski definition) is 1. The molecule has 7 heteroatoms. The Morgan fingerprint density at radius 3 is 2.70 bits per heavy atom. The first-order valence-electron chi connectivity index (χ1n) is 5.71. The fraction of sp³-hybridized carbons (Fsp3) is 0.154. The van der Waals surface area contributed by atoms with Crippen molar-refractivity contribution < 1.29 is 8.42 Å². The molecule has 0 amide bonds. The van der Waals surface area contributed by atoms with Gasteiger partial charge in [-0.3, -0.25) is 0 Å². The van der Waals surface area contributed by atoms with E-state index >= 15 is 0 Å². The molecule has 2 rings (SSSR count). The van der Waals surface area contributed by atoms with E-state index < -0.39 is 9.84 Å². The van der Waals surface area contributed by atoms with Crippen LogP contribution in [0.3, 0.4) is 0 Å². The lowest BCUT2D eigenvalue weighted by molar-refractivity contribution is 0.602. The predicted molar refractivity (Wildman–Crippen MR) is 83.8 cm³/mol. The average Bonchev–Trinajstić information content (AvgIpc) is 2.36. The van der Waals surface area contributed by atoms with Crippen molar-refractivity contribution in [1.29, 1.82) is 0 Å². The Kier molecular flexibility index (Phi) is 4.67. The Balaban J connectivity index is 2.21. The summed E-state index contributed by atoms with van der Waals surface area (Å²) in [5.74, 6) is 0. The first-order valence-corrected chi connectivity index (χ1v) is 8.77. The second kappa shape index (κ2) is 6.11. The predicted octanol–water partition coefficient (Wildman–Crippen LogP) is 3.51. The minimum Gasteiger partial charge on any atom is -0.378 e. The largest absolute Gasteiger partial charge is 0.378 e. The molecule has 0 saturated carbocycles. The summed E-state index contributed by atoms with van der Waals surface area (Å²) in [4.78, 5) is 4.51. The van der Waals surface area contributed by atoms with Crippen LogP contribution in [-0.4, -0.2) is 19.7 Å². The summed E-state index contributed by atoms with van der Waals surface area (Å²) in [6, 6.07) is 10.2. The first-order chi connectivity index (χ1) is 9.36. The summed E-state index contributed by atoms with van der Waals surface area (Å²) in [5.41, 5.74) is 1.39. The van der Waals surface area contributed by atoms with E-state index in [4.69, 9.17) is 11.6 Å². The lowest BCUT2D eigenvalue weighted by atomic mass is 10.3. The van der Waals surface area contributed by atoms with Gasteiger partial charge in [0.15, 0.2) is 9.84 Å². The summed E-state index contributed by atoms with van der Waals surface area (Å²) in [6.07, 6.45) is 1.16. The second-order valence-electron chi connectivity index (χ2n) is 4.22. The van der Waals surface area contributed by atoms with Gasteiger partial charge < -0.3 is 5.32 Å². The lowest BCUT2D eigenvalue weighted by Crippen LogP contribution is -2.04. The van der Waals surface area contributed by atoms with Crippen LogP contribution in [-0.2, 0) is 16.4 Å². The molecule has 106 valence electrons. The summed E-state index contributed by atoms with van der Waals surface area (Å²) in [5, 5.41) is 3.55. The van der Waals surface area contributed by atoms with E-state index in [1.165, 1.54) is 12.1 Å². The standard InChI is InChI=1S/C13H12BrClN2O2S/c1-20(18,19)10-5-6-11(15)12(7-10)16-8-9-3-2-4-13(14)17-9/h2-7,16H,8H2,1H3. The zero-order valence-corrected chi connectivity index (χ0v) is 13.8. The van der Waals surface area contributed by atoms with E-state index in [0.29, 0.717) is 17.3 Å². The van der Waals surface area contributed by atoms with Gasteiger partial charge in [-0.05, 0) is 46.3 Å². The van der Waals surface area contributed by atoms with Crippen molar-refractivity contribution in [1.82, 2.24) is 4.98 Å². The maximum absolute atomic E-state index is 11.5. The van der Waals surface area contributed by atoms with E-state index in [0.717, 1.165) is 16.6 Å². The van der Waals surface area contributed by atoms with Crippen molar-refractivity contribution in [2.75, 3.05) is 11.6 Å². The van der Waals surface area contributed by atoms with Gasteiger partial charge in [0.25, 0.3) is 0 Å². The third-order valence-corrected chi connectivity index (χ3v) is 4.48. The van der Waals surface area contributed by atoms with E-state index in [2.05, 4.69) is 26.2 Å². The summed E-state index contributed by atoms with van der Waals surface area (Å²) < 4.78 is 23.8. The molecule has 0 bridgehead atoms. The highest BCUT2D eigenvalue weighted by molar-refractivity contribution is 9.10. The van der Waals surface area contributed by atoms with Gasteiger partial charge in [0.2, 0.25) is 0 Å². The molecule has 0 aliphatic rings. The Morgan fingerprint density at radius 2 is 2.05 bits per heavy atom. The fourth-order valence-corrected chi connectivity index (χ4v) is 2.82. The number of aromatic nitrogens is 1. The summed E-state index contributed by atoms with van der Waals surface area (Å²) in [7, 11) is -3.25. The molecule has 2 aromatic rings. The van der Waals surface area contributed by atoms with Crippen LogP contribution in [0, 0.1) is 0 Å². The molecule has 0 radical (unpaired) electrons. The minimum atomic E-state index is -3.25. The Labute approximate surface area is 131 Å². The zero-order valence-electron chi connectivity index (χ0n) is 10.6. The molecule has 0 unspecified atom stereocenters. The van der Waals surface area contributed by atoms with Gasteiger partial charge in [0, 0.05) is 6.26 Å². The number of halogens is 2. The Hall–Kier alpha value is -1.11. The number of pyridine rings is 1. The van der Waals surface area contributed by atoms with Crippen molar-refractivity contribution in [3.05, 3.63) is 51.7 Å². The molecule has 0 saturated heterocycles. The molecule has 1 aromatic carbocycles. The van der Waals surface area contributed by atoms with Crippen molar-refractivity contribution in [2.24, 2.45) is 0 Å². The number of nitrogens with one attached hydrogen (secondary N) is 1. The summed E-state index contributed by atoms with van der Waals surface area (Å²) in [6.45, 7) is 0.451. The zero-order chi connectivity index (χ0) is 14.8. The normalized spacial score (nSPS) is 11.3. The van der Waals surface area contributed by atoms with Crippen LogP contribution in [0.4, 0.5) is 5.69 Å². The SMILES string of the molecule is CS(=O)(=O)c1ccc(Cl)c(NCc2cccc(Br)n2)c1. The molecule has 1 heterocycles. The van der Waals surface area contributed by atoms with Crippen molar-refractivity contribution in [3.8, 4) is 0 Å². The third-order valence-electron chi connectivity index (χ3n) is 2.60. The maximum Gasteiger partial charge on any atom is 0.175 e. The summed E-state index contributed by atoms with van der Waals surface area (Å²) >= 11 is 9.35. The highest BCUT2D eigenvalue weighted by atomic mass is 79.9. The molecule has 20 heavy (non-hydrogen) atoms. The van der Waals surface area contributed by atoms with E-state index in [1.807, 2.05) is 18.2 Å². The minimum absolute atomic E-state index is 0.228. The highest BCUT2D eigenvalue weighted by Crippen LogP contribution is 2.25. The van der Waals surface area contributed by atoms with Crippen LogP contribution in [0.5, 0.6) is 0 Å². The quantitative estimate of drug-likeness (QED) is 0.831. The van der Waals surface area contributed by atoms with Crippen molar-refractivity contribution >= 4 is 43.1 Å². The second-order valence-corrected chi connectivity index (χ2v) is 7.45. The van der Waals surface area contributed by atoms with Crippen LogP contribution in [0.25, 0.3) is 0 Å². The van der Waals surface area contributed by atoms with Crippen molar-refractivity contribution in [3.63, 3.8) is 0 Å². The van der Waals surface area contributed by atoms with Gasteiger partial charge in [0.1, 0.15) is 4.60 Å². The Morgan fingerprint density at radius 1 is 1.30 bits per heavy atom. The molecule has 0 aliphatic heterocycles. The molecule has 4 nitrogen and oxygen atoms in total. The van der Waals surface area contributed by atoms with E-state index in [1.54, 1.807) is 6.07 Å². The first kappa shape index (κ1) is 15.3. The van der Waals surface area contributed by atoms with Gasteiger partial charge in [0.05, 0.1) is 27.8 Å².